The SMILES string of the molecule is CNC(=O)c1cccc(CN=C(NCc2ccccc2)N(C)C)c1.I. The van der Waals surface area contributed by atoms with Gasteiger partial charge in [0.05, 0.1) is 6.54 Å². The highest BCUT2D eigenvalue weighted by molar-refractivity contribution is 14.0. The first-order valence-corrected chi connectivity index (χ1v) is 7.90. The van der Waals surface area contributed by atoms with E-state index in [4.69, 9.17) is 0 Å². The van der Waals surface area contributed by atoms with Crippen LogP contribution in [0.2, 0.25) is 0 Å². The molecule has 1 amide bonds. The van der Waals surface area contributed by atoms with Crippen molar-refractivity contribution in [2.24, 2.45) is 4.99 Å². The zero-order valence-electron chi connectivity index (χ0n) is 14.8. The number of carbonyl (C=O) groups excluding carboxylic acids is 1. The molecule has 6 heteroatoms. The smallest absolute Gasteiger partial charge is 0.251 e. The Morgan fingerprint density at radius 3 is 2.36 bits per heavy atom. The van der Waals surface area contributed by atoms with Crippen LogP contribution in [0.25, 0.3) is 0 Å². The average Bonchev–Trinajstić information content (AvgIpc) is 2.61. The minimum Gasteiger partial charge on any atom is -0.355 e. The normalized spacial score (nSPS) is 10.6. The van der Waals surface area contributed by atoms with Crippen molar-refractivity contribution in [1.82, 2.24) is 15.5 Å². The van der Waals surface area contributed by atoms with Gasteiger partial charge in [-0.3, -0.25) is 4.79 Å². The molecule has 2 aromatic rings. The fourth-order valence-electron chi connectivity index (χ4n) is 2.25. The number of carbonyl (C=O) groups is 1. The molecule has 0 heterocycles. The highest BCUT2D eigenvalue weighted by atomic mass is 127. The molecule has 0 unspecified atom stereocenters. The van der Waals surface area contributed by atoms with E-state index in [2.05, 4.69) is 27.8 Å². The highest BCUT2D eigenvalue weighted by Crippen LogP contribution is 2.07. The largest absolute Gasteiger partial charge is 0.355 e. The summed E-state index contributed by atoms with van der Waals surface area (Å²) in [6.45, 7) is 1.23. The molecule has 0 bridgehead atoms. The molecule has 0 aliphatic heterocycles. The summed E-state index contributed by atoms with van der Waals surface area (Å²) in [7, 11) is 5.54. The van der Waals surface area contributed by atoms with Crippen LogP contribution >= 0.6 is 24.0 Å². The molecule has 0 aliphatic rings. The van der Waals surface area contributed by atoms with E-state index in [1.165, 1.54) is 5.56 Å². The Bertz CT molecular complexity index is 702. The number of nitrogens with zero attached hydrogens (tertiary/aromatic N) is 2. The van der Waals surface area contributed by atoms with Crippen LogP contribution in [0.1, 0.15) is 21.5 Å². The minimum absolute atomic E-state index is 0. The molecular formula is C19H25IN4O. The topological polar surface area (TPSA) is 56.7 Å². The maximum atomic E-state index is 11.7. The molecule has 2 N–H and O–H groups in total. The molecule has 2 rings (SSSR count). The van der Waals surface area contributed by atoms with Crippen molar-refractivity contribution in [3.63, 3.8) is 0 Å². The molecule has 134 valence electrons. The lowest BCUT2D eigenvalue weighted by atomic mass is 10.1. The first-order valence-electron chi connectivity index (χ1n) is 7.90. The number of benzene rings is 2. The van der Waals surface area contributed by atoms with Gasteiger partial charge in [-0.25, -0.2) is 4.99 Å². The molecule has 0 radical (unpaired) electrons. The van der Waals surface area contributed by atoms with Gasteiger partial charge in [-0.05, 0) is 23.3 Å². The minimum atomic E-state index is -0.0872. The summed E-state index contributed by atoms with van der Waals surface area (Å²) >= 11 is 0. The summed E-state index contributed by atoms with van der Waals surface area (Å²) in [6, 6.07) is 17.7. The Balaban J connectivity index is 0.00000312. The average molecular weight is 452 g/mol. The molecule has 0 saturated heterocycles. The first kappa shape index (κ1) is 21.0. The van der Waals surface area contributed by atoms with Crippen molar-refractivity contribution < 1.29 is 4.79 Å². The molecule has 5 nitrogen and oxygen atoms in total. The number of hydrogen-bond acceptors (Lipinski definition) is 2. The van der Waals surface area contributed by atoms with Gasteiger partial charge in [0, 0.05) is 33.3 Å². The van der Waals surface area contributed by atoms with E-state index in [0.717, 1.165) is 18.1 Å². The fraction of sp³-hybridized carbons (Fsp3) is 0.263. The van der Waals surface area contributed by atoms with E-state index in [9.17, 15) is 4.79 Å². The van der Waals surface area contributed by atoms with Gasteiger partial charge in [-0.15, -0.1) is 24.0 Å². The quantitative estimate of drug-likeness (QED) is 0.417. The van der Waals surface area contributed by atoms with Crippen molar-refractivity contribution in [3.05, 3.63) is 71.3 Å². The number of halogens is 1. The van der Waals surface area contributed by atoms with Crippen molar-refractivity contribution in [3.8, 4) is 0 Å². The van der Waals surface area contributed by atoms with Gasteiger partial charge in [0.15, 0.2) is 5.96 Å². The molecular weight excluding hydrogens is 427 g/mol. The van der Waals surface area contributed by atoms with Crippen LogP contribution in [-0.4, -0.2) is 37.9 Å². The zero-order valence-corrected chi connectivity index (χ0v) is 17.2. The van der Waals surface area contributed by atoms with Crippen LogP contribution in [0.5, 0.6) is 0 Å². The molecule has 0 spiro atoms. The molecule has 0 atom stereocenters. The van der Waals surface area contributed by atoms with Gasteiger partial charge >= 0.3 is 0 Å². The monoisotopic (exact) mass is 452 g/mol. The maximum Gasteiger partial charge on any atom is 0.251 e. The Morgan fingerprint density at radius 1 is 1.04 bits per heavy atom. The number of rotatable bonds is 5. The number of amides is 1. The van der Waals surface area contributed by atoms with Crippen molar-refractivity contribution >= 4 is 35.8 Å². The lowest BCUT2D eigenvalue weighted by Crippen LogP contribution is -2.36. The number of hydrogen-bond donors (Lipinski definition) is 2. The van der Waals surface area contributed by atoms with E-state index < -0.39 is 0 Å². The van der Waals surface area contributed by atoms with Crippen LogP contribution in [0.4, 0.5) is 0 Å². The van der Waals surface area contributed by atoms with Crippen molar-refractivity contribution in [2.45, 2.75) is 13.1 Å². The Hall–Kier alpha value is -2.09. The Kier molecular flexibility index (Phi) is 8.98. The van der Waals surface area contributed by atoms with Crippen LogP contribution in [0.15, 0.2) is 59.6 Å². The molecule has 0 saturated carbocycles. The van der Waals surface area contributed by atoms with E-state index >= 15 is 0 Å². The lowest BCUT2D eigenvalue weighted by molar-refractivity contribution is 0.0963. The van der Waals surface area contributed by atoms with Crippen LogP contribution < -0.4 is 10.6 Å². The summed E-state index contributed by atoms with van der Waals surface area (Å²) in [6.07, 6.45) is 0. The molecule has 2 aromatic carbocycles. The zero-order chi connectivity index (χ0) is 17.4. The second-order valence-electron chi connectivity index (χ2n) is 5.65. The van der Waals surface area contributed by atoms with Gasteiger partial charge in [-0.2, -0.15) is 0 Å². The predicted molar refractivity (Wildman–Crippen MR) is 113 cm³/mol. The standard InChI is InChI=1S/C19H24N4O.HI/c1-20-18(24)17-11-7-10-16(12-17)14-22-19(23(2)3)21-13-15-8-5-4-6-9-15;/h4-12H,13-14H2,1-3H3,(H,20,24)(H,21,22);1H. The van der Waals surface area contributed by atoms with Gasteiger partial charge < -0.3 is 15.5 Å². The lowest BCUT2D eigenvalue weighted by Gasteiger charge is -2.18. The fourth-order valence-corrected chi connectivity index (χ4v) is 2.25. The Labute approximate surface area is 166 Å². The van der Waals surface area contributed by atoms with Crippen molar-refractivity contribution in [1.29, 1.82) is 0 Å². The first-order chi connectivity index (χ1) is 11.6. The predicted octanol–water partition coefficient (Wildman–Crippen LogP) is 2.87. The summed E-state index contributed by atoms with van der Waals surface area (Å²) < 4.78 is 0. The highest BCUT2D eigenvalue weighted by Gasteiger charge is 2.05. The second-order valence-corrected chi connectivity index (χ2v) is 5.65. The Morgan fingerprint density at radius 2 is 1.72 bits per heavy atom. The van der Waals surface area contributed by atoms with Crippen LogP contribution in [-0.2, 0) is 13.1 Å². The molecule has 0 fully saturated rings. The van der Waals surface area contributed by atoms with Crippen LogP contribution in [0.3, 0.4) is 0 Å². The summed E-state index contributed by atoms with van der Waals surface area (Å²) in [4.78, 5) is 18.3. The van der Waals surface area contributed by atoms with E-state index in [1.807, 2.05) is 55.4 Å². The van der Waals surface area contributed by atoms with Crippen molar-refractivity contribution in [2.75, 3.05) is 21.1 Å². The summed E-state index contributed by atoms with van der Waals surface area (Å²) in [5.74, 6) is 0.722. The number of guanidine groups is 1. The summed E-state index contributed by atoms with van der Waals surface area (Å²) in [5.41, 5.74) is 2.85. The third kappa shape index (κ3) is 6.74. The van der Waals surface area contributed by atoms with Gasteiger partial charge in [0.2, 0.25) is 0 Å². The second kappa shape index (κ2) is 10.7. The molecule has 25 heavy (non-hydrogen) atoms. The van der Waals surface area contributed by atoms with Crippen LogP contribution in [0, 0.1) is 0 Å². The number of nitrogens with one attached hydrogen (secondary N) is 2. The van der Waals surface area contributed by atoms with E-state index in [0.29, 0.717) is 12.1 Å². The summed E-state index contributed by atoms with van der Waals surface area (Å²) in [5, 5.41) is 5.99. The van der Waals surface area contributed by atoms with E-state index in [1.54, 1.807) is 13.1 Å². The van der Waals surface area contributed by atoms with Gasteiger partial charge in [-0.1, -0.05) is 42.5 Å². The van der Waals surface area contributed by atoms with E-state index in [-0.39, 0.29) is 29.9 Å². The van der Waals surface area contributed by atoms with Gasteiger partial charge in [0.25, 0.3) is 5.91 Å². The van der Waals surface area contributed by atoms with Gasteiger partial charge in [0.1, 0.15) is 0 Å². The molecule has 0 aliphatic carbocycles. The maximum absolute atomic E-state index is 11.7. The number of aliphatic imine (C=N–C) groups is 1. The molecule has 0 aromatic heterocycles. The third-order valence-corrected chi connectivity index (χ3v) is 3.54. The third-order valence-electron chi connectivity index (χ3n) is 3.54.